The lowest BCUT2D eigenvalue weighted by atomic mass is 10.0. The molecule has 0 aliphatic rings. The fraction of sp³-hybridized carbons (Fsp3) is 0.700. The summed E-state index contributed by atoms with van der Waals surface area (Å²) in [6.07, 6.45) is -0.0273. The molecule has 0 radical (unpaired) electrons. The number of aliphatic carboxylic acids is 2. The second-order valence-corrected chi connectivity index (χ2v) is 8.18. The van der Waals surface area contributed by atoms with Gasteiger partial charge in [-0.2, -0.15) is 0 Å². The Morgan fingerprint density at radius 1 is 0.824 bits per heavy atom. The van der Waals surface area contributed by atoms with Crippen LogP contribution >= 0.6 is 0 Å². The molecule has 0 bridgehead atoms. The SMILES string of the molecule is CC(C)C(NC(=O)C(CC(N)=O)NC(=O)C(CCCCN)NC(=O)C(N)CCC(=O)O)C(=O)O. The second kappa shape index (κ2) is 15.6. The lowest BCUT2D eigenvalue weighted by Crippen LogP contribution is -2.58. The highest BCUT2D eigenvalue weighted by Crippen LogP contribution is 2.06. The predicted octanol–water partition coefficient (Wildman–Crippen LogP) is -2.62. The lowest BCUT2D eigenvalue weighted by Gasteiger charge is -2.25. The van der Waals surface area contributed by atoms with Crippen molar-refractivity contribution in [1.82, 2.24) is 16.0 Å². The molecule has 0 aliphatic heterocycles. The Labute approximate surface area is 197 Å². The highest BCUT2D eigenvalue weighted by molar-refractivity contribution is 5.96. The van der Waals surface area contributed by atoms with Crippen molar-refractivity contribution < 1.29 is 39.0 Å². The number of nitrogens with two attached hydrogens (primary N) is 3. The van der Waals surface area contributed by atoms with Gasteiger partial charge in [0.2, 0.25) is 23.6 Å². The number of carbonyl (C=O) groups is 6. The van der Waals surface area contributed by atoms with Crippen LogP contribution in [0.25, 0.3) is 0 Å². The standard InChI is InChI=1S/C20H36N6O8/c1-10(2)16(20(33)34)26-19(32)13(9-14(23)27)25-18(31)12(5-3-4-8-21)24-17(30)11(22)6-7-15(28)29/h10-13,16H,3-9,21-22H2,1-2H3,(H2,23,27)(H,24,30)(H,25,31)(H,26,32)(H,28,29)(H,33,34). The zero-order valence-electron chi connectivity index (χ0n) is 19.4. The smallest absolute Gasteiger partial charge is 0.326 e. The van der Waals surface area contributed by atoms with Crippen molar-refractivity contribution in [2.75, 3.05) is 6.54 Å². The van der Waals surface area contributed by atoms with Gasteiger partial charge in [0.15, 0.2) is 0 Å². The van der Waals surface area contributed by atoms with Gasteiger partial charge in [-0.3, -0.25) is 24.0 Å². The van der Waals surface area contributed by atoms with Gasteiger partial charge in [0.1, 0.15) is 18.1 Å². The van der Waals surface area contributed by atoms with Crippen LogP contribution in [0.15, 0.2) is 0 Å². The topological polar surface area (TPSA) is 257 Å². The molecule has 0 fully saturated rings. The number of primary amides is 1. The van der Waals surface area contributed by atoms with Crippen LogP contribution in [0.1, 0.15) is 52.4 Å². The number of amides is 4. The summed E-state index contributed by atoms with van der Waals surface area (Å²) in [5, 5.41) is 25.0. The normalized spacial score (nSPS) is 14.4. The van der Waals surface area contributed by atoms with Gasteiger partial charge >= 0.3 is 11.9 Å². The maximum atomic E-state index is 12.9. The van der Waals surface area contributed by atoms with E-state index in [9.17, 15) is 33.9 Å². The van der Waals surface area contributed by atoms with Crippen LogP contribution in [-0.2, 0) is 28.8 Å². The summed E-state index contributed by atoms with van der Waals surface area (Å²) < 4.78 is 0. The van der Waals surface area contributed by atoms with E-state index in [1.165, 1.54) is 0 Å². The monoisotopic (exact) mass is 488 g/mol. The first-order valence-electron chi connectivity index (χ1n) is 10.9. The number of hydrogen-bond donors (Lipinski definition) is 8. The highest BCUT2D eigenvalue weighted by Gasteiger charge is 2.32. The summed E-state index contributed by atoms with van der Waals surface area (Å²) in [5.74, 6) is -6.36. The van der Waals surface area contributed by atoms with Crippen LogP contribution in [0.2, 0.25) is 0 Å². The Morgan fingerprint density at radius 3 is 1.85 bits per heavy atom. The molecule has 14 heteroatoms. The minimum absolute atomic E-state index is 0.120. The molecule has 0 heterocycles. The van der Waals surface area contributed by atoms with E-state index >= 15 is 0 Å². The van der Waals surface area contributed by atoms with E-state index < -0.39 is 72.1 Å². The number of hydrogen-bond acceptors (Lipinski definition) is 8. The summed E-state index contributed by atoms with van der Waals surface area (Å²) in [5.41, 5.74) is 16.3. The number of carboxylic acids is 2. The van der Waals surface area contributed by atoms with Gasteiger partial charge < -0.3 is 43.4 Å². The summed E-state index contributed by atoms with van der Waals surface area (Å²) >= 11 is 0. The largest absolute Gasteiger partial charge is 0.481 e. The van der Waals surface area contributed by atoms with Gasteiger partial charge in [0, 0.05) is 6.42 Å². The third-order valence-corrected chi connectivity index (χ3v) is 4.85. The van der Waals surface area contributed by atoms with Gasteiger partial charge in [-0.15, -0.1) is 0 Å². The molecule has 0 rings (SSSR count). The van der Waals surface area contributed by atoms with Crippen molar-refractivity contribution in [3.05, 3.63) is 0 Å². The second-order valence-electron chi connectivity index (χ2n) is 8.18. The van der Waals surface area contributed by atoms with Crippen LogP contribution in [-0.4, -0.2) is 76.5 Å². The van der Waals surface area contributed by atoms with Gasteiger partial charge in [-0.25, -0.2) is 4.79 Å². The van der Waals surface area contributed by atoms with E-state index in [1.54, 1.807) is 13.8 Å². The molecule has 4 atom stereocenters. The Kier molecular flexibility index (Phi) is 14.1. The Balaban J connectivity index is 5.50. The average molecular weight is 489 g/mol. The molecule has 0 saturated heterocycles. The fourth-order valence-corrected chi connectivity index (χ4v) is 2.90. The third-order valence-electron chi connectivity index (χ3n) is 4.85. The van der Waals surface area contributed by atoms with Crippen molar-refractivity contribution in [2.45, 2.75) is 76.5 Å². The fourth-order valence-electron chi connectivity index (χ4n) is 2.90. The van der Waals surface area contributed by atoms with Crippen LogP contribution < -0.4 is 33.2 Å². The molecule has 34 heavy (non-hydrogen) atoms. The van der Waals surface area contributed by atoms with Crippen molar-refractivity contribution >= 4 is 35.6 Å². The zero-order valence-corrected chi connectivity index (χ0v) is 19.4. The molecule has 4 unspecified atom stereocenters. The lowest BCUT2D eigenvalue weighted by molar-refractivity contribution is -0.143. The molecule has 11 N–H and O–H groups in total. The first-order chi connectivity index (χ1) is 15.8. The summed E-state index contributed by atoms with van der Waals surface area (Å²) in [6, 6.07) is -5.11. The Hall–Kier alpha value is -3.26. The van der Waals surface area contributed by atoms with E-state index in [0.29, 0.717) is 19.4 Å². The van der Waals surface area contributed by atoms with Crippen LogP contribution in [0.4, 0.5) is 0 Å². The van der Waals surface area contributed by atoms with Crippen molar-refractivity contribution in [3.8, 4) is 0 Å². The maximum absolute atomic E-state index is 12.9. The van der Waals surface area contributed by atoms with E-state index in [-0.39, 0.29) is 19.3 Å². The molecular formula is C20H36N6O8. The predicted molar refractivity (Wildman–Crippen MR) is 120 cm³/mol. The molecule has 0 aromatic carbocycles. The van der Waals surface area contributed by atoms with E-state index in [1.807, 2.05) is 0 Å². The zero-order chi connectivity index (χ0) is 26.4. The van der Waals surface area contributed by atoms with Crippen molar-refractivity contribution in [2.24, 2.45) is 23.1 Å². The summed E-state index contributed by atoms with van der Waals surface area (Å²) in [7, 11) is 0. The number of carboxylic acid groups (broad SMARTS) is 2. The van der Waals surface area contributed by atoms with Crippen molar-refractivity contribution in [3.63, 3.8) is 0 Å². The van der Waals surface area contributed by atoms with Gasteiger partial charge in [0.05, 0.1) is 12.5 Å². The highest BCUT2D eigenvalue weighted by atomic mass is 16.4. The quantitative estimate of drug-likeness (QED) is 0.0988. The molecule has 0 saturated carbocycles. The molecule has 0 aliphatic carbocycles. The van der Waals surface area contributed by atoms with Gasteiger partial charge in [-0.1, -0.05) is 13.8 Å². The minimum atomic E-state index is -1.49. The maximum Gasteiger partial charge on any atom is 0.326 e. The molecule has 4 amide bonds. The third kappa shape index (κ3) is 12.1. The first kappa shape index (κ1) is 30.7. The summed E-state index contributed by atoms with van der Waals surface area (Å²) in [4.78, 5) is 71.4. The Bertz CT molecular complexity index is 745. The van der Waals surface area contributed by atoms with Crippen LogP contribution in [0, 0.1) is 5.92 Å². The molecular weight excluding hydrogens is 452 g/mol. The molecule has 0 aromatic heterocycles. The number of rotatable bonds is 17. The first-order valence-corrected chi connectivity index (χ1v) is 10.9. The molecule has 14 nitrogen and oxygen atoms in total. The van der Waals surface area contributed by atoms with E-state index in [4.69, 9.17) is 22.3 Å². The molecule has 194 valence electrons. The number of carbonyl (C=O) groups excluding carboxylic acids is 4. The molecule has 0 spiro atoms. The van der Waals surface area contributed by atoms with E-state index in [0.717, 1.165) is 0 Å². The van der Waals surface area contributed by atoms with Gasteiger partial charge in [-0.05, 0) is 38.1 Å². The molecule has 0 aromatic rings. The average Bonchev–Trinajstić information content (AvgIpc) is 2.73. The van der Waals surface area contributed by atoms with Crippen LogP contribution in [0.3, 0.4) is 0 Å². The van der Waals surface area contributed by atoms with Crippen LogP contribution in [0.5, 0.6) is 0 Å². The van der Waals surface area contributed by atoms with Crippen molar-refractivity contribution in [1.29, 1.82) is 0 Å². The van der Waals surface area contributed by atoms with E-state index in [2.05, 4.69) is 16.0 Å². The summed E-state index contributed by atoms with van der Waals surface area (Å²) in [6.45, 7) is 3.47. The number of nitrogens with one attached hydrogen (secondary N) is 3. The number of unbranched alkanes of at least 4 members (excludes halogenated alkanes) is 1. The minimum Gasteiger partial charge on any atom is -0.481 e. The Morgan fingerprint density at radius 2 is 1.38 bits per heavy atom. The van der Waals surface area contributed by atoms with Gasteiger partial charge in [0.25, 0.3) is 0 Å².